The quantitative estimate of drug-likeness (QED) is 0.779. The smallest absolute Gasteiger partial charge is 0.333 e. The average Bonchev–Trinajstić information content (AvgIpc) is 3.07. The molecule has 0 unspecified atom stereocenters. The molecule has 0 radical (unpaired) electrons. The summed E-state index contributed by atoms with van der Waals surface area (Å²) < 4.78 is 41.3. The third-order valence-electron chi connectivity index (χ3n) is 5.79. The second-order valence-corrected chi connectivity index (χ2v) is 8.22. The van der Waals surface area contributed by atoms with Gasteiger partial charge in [-0.25, -0.2) is 14.1 Å². The maximum absolute atomic E-state index is 15.0. The number of aliphatic imine (C=N–C) groups is 1. The Morgan fingerprint density at radius 3 is 2.47 bits per heavy atom. The molecule has 1 aliphatic heterocycles. The van der Waals surface area contributed by atoms with Crippen molar-refractivity contribution in [3.8, 4) is 0 Å². The van der Waals surface area contributed by atoms with Gasteiger partial charge in [0.1, 0.15) is 16.4 Å². The average molecular weight is 443 g/mol. The fourth-order valence-corrected chi connectivity index (χ4v) is 3.74. The first-order valence-electron chi connectivity index (χ1n) is 9.01. The van der Waals surface area contributed by atoms with E-state index in [1.165, 1.54) is 35.0 Å². The van der Waals surface area contributed by atoms with Crippen LogP contribution in [-0.4, -0.2) is 40.6 Å². The predicted molar refractivity (Wildman–Crippen MR) is 108 cm³/mol. The Balaban J connectivity index is 2.13. The first kappa shape index (κ1) is 21.9. The molecule has 30 heavy (non-hydrogen) atoms. The number of nitrogens with zero attached hydrogens (tertiary/aromatic N) is 5. The van der Waals surface area contributed by atoms with Crippen LogP contribution in [0.15, 0.2) is 29.4 Å². The predicted octanol–water partition coefficient (Wildman–Crippen LogP) is 3.87. The summed E-state index contributed by atoms with van der Waals surface area (Å²) >= 11 is 6.06. The molecule has 0 saturated heterocycles. The van der Waals surface area contributed by atoms with E-state index in [1.54, 1.807) is 27.8 Å². The molecule has 0 aliphatic carbocycles. The number of rotatable bonds is 4. The van der Waals surface area contributed by atoms with Crippen LogP contribution in [0.25, 0.3) is 0 Å². The summed E-state index contributed by atoms with van der Waals surface area (Å²) in [7, 11) is 3.07. The number of hydrogen-bond acceptors (Lipinski definition) is 5. The molecule has 2 heterocycles. The van der Waals surface area contributed by atoms with Gasteiger partial charge in [-0.1, -0.05) is 11.6 Å². The Morgan fingerprint density at radius 2 is 1.90 bits per heavy atom. The number of carbonyl (C=O) groups is 1. The summed E-state index contributed by atoms with van der Waals surface area (Å²) in [4.78, 5) is 20.0. The lowest BCUT2D eigenvalue weighted by atomic mass is 9.67. The van der Waals surface area contributed by atoms with Crippen LogP contribution in [0.2, 0.25) is 5.02 Å². The zero-order valence-corrected chi connectivity index (χ0v) is 17.9. The number of aromatic nitrogens is 2. The van der Waals surface area contributed by atoms with Gasteiger partial charge in [-0.3, -0.25) is 9.69 Å². The number of halogens is 4. The monoisotopic (exact) mass is 442 g/mol. The van der Waals surface area contributed by atoms with E-state index in [1.807, 2.05) is 0 Å². The standard InChI is InChI=1S/C19H22ClF3N6O/c1-18(2)15(30)28(5)17(24)25-19(18,3)11-8-10(6-7-13(11)21)27(4)14-12(20)9-29(26-14)16(22)23/h6-9,16H,1-5H3,(H2,24,25)/t19-/m1/s1. The molecular formula is C19H22ClF3N6O. The van der Waals surface area contributed by atoms with E-state index in [4.69, 9.17) is 17.3 Å². The van der Waals surface area contributed by atoms with Crippen molar-refractivity contribution in [3.63, 3.8) is 0 Å². The van der Waals surface area contributed by atoms with Crippen LogP contribution in [0.3, 0.4) is 0 Å². The van der Waals surface area contributed by atoms with Crippen LogP contribution in [0.5, 0.6) is 0 Å². The molecule has 2 N–H and O–H groups in total. The number of benzene rings is 1. The summed E-state index contributed by atoms with van der Waals surface area (Å²) in [5.41, 5.74) is 4.04. The van der Waals surface area contributed by atoms with Gasteiger partial charge in [0.25, 0.3) is 0 Å². The molecule has 3 rings (SSSR count). The first-order chi connectivity index (χ1) is 13.8. The molecule has 2 aromatic rings. The molecule has 7 nitrogen and oxygen atoms in total. The second-order valence-electron chi connectivity index (χ2n) is 7.81. The molecular weight excluding hydrogens is 421 g/mol. The minimum Gasteiger partial charge on any atom is -0.369 e. The first-order valence-corrected chi connectivity index (χ1v) is 9.39. The SMILES string of the molecule is CN1C(=O)C(C)(C)[C@@](C)(c2cc(N(C)c3nn(C(F)F)cc3Cl)ccc2F)N=C1N. The van der Waals surface area contributed by atoms with Crippen LogP contribution in [-0.2, 0) is 10.3 Å². The van der Waals surface area contributed by atoms with E-state index < -0.39 is 23.3 Å². The number of amides is 1. The van der Waals surface area contributed by atoms with Gasteiger partial charge in [-0.15, -0.1) is 5.10 Å². The Bertz CT molecular complexity index is 1040. The minimum atomic E-state index is -2.85. The molecule has 1 amide bonds. The van der Waals surface area contributed by atoms with E-state index >= 15 is 0 Å². The molecule has 11 heteroatoms. The Kier molecular flexibility index (Phi) is 5.26. The number of nitrogens with two attached hydrogens (primary N) is 1. The highest BCUT2D eigenvalue weighted by Gasteiger charge is 2.53. The minimum absolute atomic E-state index is 0.00644. The van der Waals surface area contributed by atoms with Crippen molar-refractivity contribution in [2.45, 2.75) is 32.9 Å². The lowest BCUT2D eigenvalue weighted by Gasteiger charge is -2.46. The molecule has 0 fully saturated rings. The highest BCUT2D eigenvalue weighted by Crippen LogP contribution is 2.48. The van der Waals surface area contributed by atoms with Crippen molar-refractivity contribution in [3.05, 3.63) is 40.8 Å². The number of carbonyl (C=O) groups excluding carboxylic acids is 1. The molecule has 0 bridgehead atoms. The normalized spacial score (nSPS) is 21.2. The molecule has 1 aromatic heterocycles. The largest absolute Gasteiger partial charge is 0.369 e. The Hall–Kier alpha value is -2.75. The summed E-state index contributed by atoms with van der Waals surface area (Å²) in [6.07, 6.45) is 1.01. The van der Waals surface area contributed by atoms with E-state index in [-0.39, 0.29) is 28.3 Å². The van der Waals surface area contributed by atoms with Crippen LogP contribution in [0.1, 0.15) is 32.9 Å². The number of anilines is 2. The summed E-state index contributed by atoms with van der Waals surface area (Å²) in [5.74, 6) is -0.852. The number of guanidine groups is 1. The van der Waals surface area contributed by atoms with Gasteiger partial charge in [0.2, 0.25) is 5.91 Å². The second kappa shape index (κ2) is 7.19. The fraction of sp³-hybridized carbons (Fsp3) is 0.421. The zero-order chi connectivity index (χ0) is 22.6. The van der Waals surface area contributed by atoms with Crippen LogP contribution in [0, 0.1) is 11.2 Å². The van der Waals surface area contributed by atoms with Crippen LogP contribution >= 0.6 is 11.6 Å². The summed E-state index contributed by atoms with van der Waals surface area (Å²) in [6, 6.07) is 4.16. The van der Waals surface area contributed by atoms with Crippen molar-refractivity contribution in [1.29, 1.82) is 0 Å². The summed E-state index contributed by atoms with van der Waals surface area (Å²) in [6.45, 7) is 2.11. The van der Waals surface area contributed by atoms with Gasteiger partial charge in [0.15, 0.2) is 11.8 Å². The third-order valence-corrected chi connectivity index (χ3v) is 6.05. The Morgan fingerprint density at radius 1 is 1.27 bits per heavy atom. The van der Waals surface area contributed by atoms with Crippen molar-refractivity contribution in [2.75, 3.05) is 19.0 Å². The van der Waals surface area contributed by atoms with E-state index in [0.29, 0.717) is 10.4 Å². The number of alkyl halides is 2. The van der Waals surface area contributed by atoms with Gasteiger partial charge in [0, 0.05) is 25.3 Å². The van der Waals surface area contributed by atoms with Gasteiger partial charge >= 0.3 is 6.55 Å². The molecule has 1 atom stereocenters. The van der Waals surface area contributed by atoms with Gasteiger partial charge in [-0.05, 0) is 39.0 Å². The highest BCUT2D eigenvalue weighted by molar-refractivity contribution is 6.33. The lowest BCUT2D eigenvalue weighted by molar-refractivity contribution is -0.140. The molecule has 1 aliphatic rings. The van der Waals surface area contributed by atoms with Crippen LogP contribution in [0.4, 0.5) is 24.7 Å². The van der Waals surface area contributed by atoms with Gasteiger partial charge in [-0.2, -0.15) is 8.78 Å². The van der Waals surface area contributed by atoms with E-state index in [9.17, 15) is 18.0 Å². The Labute approximate surface area is 176 Å². The highest BCUT2D eigenvalue weighted by atomic mass is 35.5. The fourth-order valence-electron chi connectivity index (χ4n) is 3.48. The summed E-state index contributed by atoms with van der Waals surface area (Å²) in [5, 5.41) is 3.80. The maximum atomic E-state index is 15.0. The number of hydrogen-bond donors (Lipinski definition) is 1. The van der Waals surface area contributed by atoms with Crippen molar-refractivity contribution in [2.24, 2.45) is 16.1 Å². The topological polar surface area (TPSA) is 79.8 Å². The van der Waals surface area contributed by atoms with Gasteiger partial charge in [0.05, 0.1) is 11.6 Å². The van der Waals surface area contributed by atoms with Crippen molar-refractivity contribution in [1.82, 2.24) is 14.7 Å². The van der Waals surface area contributed by atoms with Crippen LogP contribution < -0.4 is 10.6 Å². The van der Waals surface area contributed by atoms with E-state index in [2.05, 4.69) is 10.1 Å². The maximum Gasteiger partial charge on any atom is 0.333 e. The molecule has 0 spiro atoms. The van der Waals surface area contributed by atoms with Gasteiger partial charge < -0.3 is 10.6 Å². The molecule has 0 saturated carbocycles. The third kappa shape index (κ3) is 3.19. The molecule has 1 aromatic carbocycles. The molecule has 162 valence electrons. The van der Waals surface area contributed by atoms with E-state index in [0.717, 1.165) is 6.20 Å². The zero-order valence-electron chi connectivity index (χ0n) is 17.1. The lowest BCUT2D eigenvalue weighted by Crippen LogP contribution is -2.58. The van der Waals surface area contributed by atoms with Crippen molar-refractivity contribution < 1.29 is 18.0 Å². The van der Waals surface area contributed by atoms with Crippen molar-refractivity contribution >= 4 is 35.0 Å².